The first-order valence-electron chi connectivity index (χ1n) is 7.20. The van der Waals surface area contributed by atoms with Crippen LogP contribution < -0.4 is 4.31 Å². The van der Waals surface area contributed by atoms with Crippen LogP contribution in [0.2, 0.25) is 0 Å². The van der Waals surface area contributed by atoms with Gasteiger partial charge in [-0.1, -0.05) is 18.2 Å². The predicted octanol–water partition coefficient (Wildman–Crippen LogP) is 3.96. The second-order valence-corrected chi connectivity index (χ2v) is 7.83. The van der Waals surface area contributed by atoms with Crippen LogP contribution in [0.4, 0.5) is 14.9 Å². The minimum absolute atomic E-state index is 0.135. The zero-order valence-electron chi connectivity index (χ0n) is 13.6. The van der Waals surface area contributed by atoms with Gasteiger partial charge < -0.3 is 4.74 Å². The summed E-state index contributed by atoms with van der Waals surface area (Å²) >= 11 is 0. The molecule has 0 aliphatic carbocycles. The maximum absolute atomic E-state index is 13.1. The zero-order valence-corrected chi connectivity index (χ0v) is 14.4. The third kappa shape index (κ3) is 4.11. The van der Waals surface area contributed by atoms with Crippen LogP contribution in [0.15, 0.2) is 59.5 Å². The number of carbonyl (C=O) groups is 1. The van der Waals surface area contributed by atoms with Crippen molar-refractivity contribution in [2.75, 3.05) is 4.31 Å². The third-order valence-corrected chi connectivity index (χ3v) is 4.61. The van der Waals surface area contributed by atoms with Gasteiger partial charge in [0.05, 0.1) is 10.6 Å². The summed E-state index contributed by atoms with van der Waals surface area (Å²) in [6.07, 6.45) is -1.03. The van der Waals surface area contributed by atoms with Gasteiger partial charge in [0.25, 0.3) is 10.0 Å². The molecule has 0 radical (unpaired) electrons. The van der Waals surface area contributed by atoms with E-state index in [1.165, 1.54) is 12.1 Å². The van der Waals surface area contributed by atoms with Crippen LogP contribution in [0.5, 0.6) is 0 Å². The third-order valence-electron chi connectivity index (χ3n) is 2.90. The summed E-state index contributed by atoms with van der Waals surface area (Å²) in [4.78, 5) is 12.3. The molecule has 0 bridgehead atoms. The van der Waals surface area contributed by atoms with Gasteiger partial charge in [-0.05, 0) is 57.2 Å². The number of para-hydroxylation sites is 1. The standard InChI is InChI=1S/C17H18FNO4S/c1-17(2,3)23-16(20)19(14-7-5-4-6-8-14)24(21,22)15-11-9-13(18)10-12-15/h4-12H,1-3H3. The minimum atomic E-state index is -4.25. The van der Waals surface area contributed by atoms with E-state index in [9.17, 15) is 17.6 Å². The molecule has 0 saturated carbocycles. The highest BCUT2D eigenvalue weighted by Gasteiger charge is 2.34. The molecule has 5 nitrogen and oxygen atoms in total. The normalized spacial score (nSPS) is 11.8. The number of sulfonamides is 1. The van der Waals surface area contributed by atoms with Crippen molar-refractivity contribution in [2.45, 2.75) is 31.3 Å². The van der Waals surface area contributed by atoms with Gasteiger partial charge in [-0.15, -0.1) is 0 Å². The molecule has 0 aromatic heterocycles. The lowest BCUT2D eigenvalue weighted by molar-refractivity contribution is 0.0609. The molecule has 0 atom stereocenters. The summed E-state index contributed by atoms with van der Waals surface area (Å²) in [5.74, 6) is -0.572. The molecule has 0 aliphatic rings. The van der Waals surface area contributed by atoms with Crippen LogP contribution in [0.25, 0.3) is 0 Å². The van der Waals surface area contributed by atoms with Crippen LogP contribution in [0.1, 0.15) is 20.8 Å². The van der Waals surface area contributed by atoms with E-state index in [-0.39, 0.29) is 10.6 Å². The van der Waals surface area contributed by atoms with Gasteiger partial charge >= 0.3 is 6.09 Å². The van der Waals surface area contributed by atoms with Crippen LogP contribution >= 0.6 is 0 Å². The number of hydrogen-bond donors (Lipinski definition) is 0. The SMILES string of the molecule is CC(C)(C)OC(=O)N(c1ccccc1)S(=O)(=O)c1ccc(F)cc1. The van der Waals surface area contributed by atoms with Gasteiger partial charge in [-0.3, -0.25) is 0 Å². The monoisotopic (exact) mass is 351 g/mol. The largest absolute Gasteiger partial charge is 0.443 e. The molecule has 2 rings (SSSR count). The first kappa shape index (κ1) is 17.9. The predicted molar refractivity (Wildman–Crippen MR) is 88.7 cm³/mol. The quantitative estimate of drug-likeness (QED) is 0.840. The van der Waals surface area contributed by atoms with E-state index < -0.39 is 27.5 Å². The zero-order chi connectivity index (χ0) is 18.0. The Labute approximate surface area is 140 Å². The molecule has 0 aliphatic heterocycles. The Balaban J connectivity index is 2.53. The Hall–Kier alpha value is -2.41. The number of carbonyl (C=O) groups excluding carboxylic acids is 1. The van der Waals surface area contributed by atoms with Crippen LogP contribution in [0, 0.1) is 5.82 Å². The maximum Gasteiger partial charge on any atom is 0.429 e. The van der Waals surface area contributed by atoms with E-state index in [2.05, 4.69) is 0 Å². The molecule has 0 fully saturated rings. The fourth-order valence-electron chi connectivity index (χ4n) is 1.92. The topological polar surface area (TPSA) is 63.7 Å². The fourth-order valence-corrected chi connectivity index (χ4v) is 3.24. The van der Waals surface area contributed by atoms with Gasteiger partial charge in [0.2, 0.25) is 0 Å². The lowest BCUT2D eigenvalue weighted by atomic mass is 10.2. The summed E-state index contributed by atoms with van der Waals surface area (Å²) in [6.45, 7) is 4.91. The van der Waals surface area contributed by atoms with Crippen molar-refractivity contribution >= 4 is 21.8 Å². The number of ether oxygens (including phenoxy) is 1. The molecule has 24 heavy (non-hydrogen) atoms. The number of nitrogens with zero attached hydrogens (tertiary/aromatic N) is 1. The van der Waals surface area contributed by atoms with Gasteiger partial charge in [-0.25, -0.2) is 17.6 Å². The van der Waals surface area contributed by atoms with Gasteiger partial charge in [0.15, 0.2) is 0 Å². The number of amides is 1. The molecule has 0 unspecified atom stereocenters. The number of hydrogen-bond acceptors (Lipinski definition) is 4. The highest BCUT2D eigenvalue weighted by Crippen LogP contribution is 2.26. The molecule has 0 spiro atoms. The summed E-state index contributed by atoms with van der Waals surface area (Å²) in [5, 5.41) is 0. The van der Waals surface area contributed by atoms with Crippen molar-refractivity contribution in [3.05, 3.63) is 60.4 Å². The van der Waals surface area contributed by atoms with Crippen LogP contribution in [-0.2, 0) is 14.8 Å². The minimum Gasteiger partial charge on any atom is -0.443 e. The van der Waals surface area contributed by atoms with Crippen molar-refractivity contribution in [2.24, 2.45) is 0 Å². The Morgan fingerprint density at radius 2 is 1.54 bits per heavy atom. The van der Waals surface area contributed by atoms with E-state index >= 15 is 0 Å². The molecule has 0 heterocycles. The molecular formula is C17H18FNO4S. The molecular weight excluding hydrogens is 333 g/mol. The van der Waals surface area contributed by atoms with Crippen molar-refractivity contribution in [1.29, 1.82) is 0 Å². The highest BCUT2D eigenvalue weighted by atomic mass is 32.2. The Morgan fingerprint density at radius 1 is 1.00 bits per heavy atom. The lowest BCUT2D eigenvalue weighted by Gasteiger charge is -2.27. The van der Waals surface area contributed by atoms with E-state index in [0.29, 0.717) is 4.31 Å². The summed E-state index contributed by atoms with van der Waals surface area (Å²) in [5.41, 5.74) is -0.737. The van der Waals surface area contributed by atoms with Crippen molar-refractivity contribution in [3.8, 4) is 0 Å². The second-order valence-electron chi connectivity index (χ2n) is 6.04. The summed E-state index contributed by atoms with van der Waals surface area (Å²) in [7, 11) is -4.25. The van der Waals surface area contributed by atoms with E-state index in [1.54, 1.807) is 39.0 Å². The summed E-state index contributed by atoms with van der Waals surface area (Å²) < 4.78 is 44.6. The number of anilines is 1. The molecule has 1 amide bonds. The number of rotatable bonds is 3. The first-order valence-corrected chi connectivity index (χ1v) is 8.64. The smallest absolute Gasteiger partial charge is 0.429 e. The Morgan fingerprint density at radius 3 is 2.04 bits per heavy atom. The fraction of sp³-hybridized carbons (Fsp3) is 0.235. The highest BCUT2D eigenvalue weighted by molar-refractivity contribution is 7.93. The first-order chi connectivity index (χ1) is 11.1. The maximum atomic E-state index is 13.1. The van der Waals surface area contributed by atoms with Gasteiger partial charge in [0.1, 0.15) is 11.4 Å². The molecule has 2 aromatic rings. The molecule has 128 valence electrons. The summed E-state index contributed by atoms with van der Waals surface area (Å²) in [6, 6.07) is 12.1. The average Bonchev–Trinajstić information content (AvgIpc) is 2.46. The number of benzene rings is 2. The van der Waals surface area contributed by atoms with Gasteiger partial charge in [0, 0.05) is 0 Å². The van der Waals surface area contributed by atoms with Crippen LogP contribution in [0.3, 0.4) is 0 Å². The van der Waals surface area contributed by atoms with Crippen molar-refractivity contribution in [3.63, 3.8) is 0 Å². The second kappa shape index (κ2) is 6.60. The molecule has 2 aromatic carbocycles. The Bertz CT molecular complexity index is 812. The molecule has 7 heteroatoms. The Kier molecular flexibility index (Phi) is 4.94. The van der Waals surface area contributed by atoms with Crippen molar-refractivity contribution in [1.82, 2.24) is 0 Å². The van der Waals surface area contributed by atoms with E-state index in [0.717, 1.165) is 24.3 Å². The molecule has 0 saturated heterocycles. The lowest BCUT2D eigenvalue weighted by Crippen LogP contribution is -2.41. The average molecular weight is 351 g/mol. The number of halogens is 1. The van der Waals surface area contributed by atoms with Crippen LogP contribution in [-0.4, -0.2) is 20.1 Å². The van der Waals surface area contributed by atoms with Crippen molar-refractivity contribution < 1.29 is 22.3 Å². The van der Waals surface area contributed by atoms with Gasteiger partial charge in [-0.2, -0.15) is 4.31 Å². The van der Waals surface area contributed by atoms with E-state index in [1.807, 2.05) is 0 Å². The van der Waals surface area contributed by atoms with E-state index in [4.69, 9.17) is 4.74 Å². The molecule has 0 N–H and O–H groups in total.